The van der Waals surface area contributed by atoms with Crippen LogP contribution in [0.1, 0.15) is 39.2 Å². The molecule has 0 bridgehead atoms. The summed E-state index contributed by atoms with van der Waals surface area (Å²) in [5, 5.41) is 2.72. The highest BCUT2D eigenvalue weighted by atomic mass is 35.5. The Hall–Kier alpha value is -2.40. The van der Waals surface area contributed by atoms with E-state index >= 15 is 0 Å². The van der Waals surface area contributed by atoms with Gasteiger partial charge in [0.25, 0.3) is 5.91 Å². The molecule has 1 N–H and O–H groups in total. The van der Waals surface area contributed by atoms with Gasteiger partial charge in [0.15, 0.2) is 5.78 Å². The molecule has 3 rings (SSSR count). The molecule has 0 unspecified atom stereocenters. The zero-order valence-corrected chi connectivity index (χ0v) is 13.6. The molecule has 0 saturated heterocycles. The molecule has 123 valence electrons. The maximum atomic E-state index is 13.2. The normalized spacial score (nSPS) is 16.0. The molecular weight excluding hydrogens is 333 g/mol. The van der Waals surface area contributed by atoms with Gasteiger partial charge >= 0.3 is 0 Å². The number of nitrogens with one attached hydrogen (secondary N) is 1. The molecule has 1 aliphatic heterocycles. The number of hydrogen-bond acceptors (Lipinski definition) is 3. The summed E-state index contributed by atoms with van der Waals surface area (Å²) in [4.78, 5) is 23.9. The molecule has 6 heteroatoms. The summed E-state index contributed by atoms with van der Waals surface area (Å²) >= 11 is 5.72. The number of benzene rings is 2. The lowest BCUT2D eigenvalue weighted by Gasteiger charge is -2.27. The number of ketones is 1. The highest BCUT2D eigenvalue weighted by Gasteiger charge is 2.25. The minimum Gasteiger partial charge on any atom is -0.493 e. The van der Waals surface area contributed by atoms with Crippen molar-refractivity contribution in [2.24, 2.45) is 0 Å². The largest absolute Gasteiger partial charge is 0.493 e. The molecule has 0 spiro atoms. The van der Waals surface area contributed by atoms with Gasteiger partial charge in [-0.2, -0.15) is 0 Å². The SMILES string of the molecule is CC(=O)c1ccc2c(c1)[C@@H](NC(=O)c1ccc(F)c(Cl)c1)[CH]CO2. The smallest absolute Gasteiger partial charge is 0.251 e. The lowest BCUT2D eigenvalue weighted by Crippen LogP contribution is -2.32. The first-order valence-electron chi connectivity index (χ1n) is 7.32. The van der Waals surface area contributed by atoms with Gasteiger partial charge in [-0.25, -0.2) is 4.39 Å². The minimum atomic E-state index is -0.581. The summed E-state index contributed by atoms with van der Waals surface area (Å²) in [6.45, 7) is 1.81. The van der Waals surface area contributed by atoms with Crippen LogP contribution in [0.2, 0.25) is 5.02 Å². The molecule has 0 saturated carbocycles. The zero-order valence-electron chi connectivity index (χ0n) is 12.8. The van der Waals surface area contributed by atoms with Crippen molar-refractivity contribution < 1.29 is 18.7 Å². The second-order valence-electron chi connectivity index (χ2n) is 5.44. The average molecular weight is 347 g/mol. The number of halogens is 2. The number of hydrogen-bond donors (Lipinski definition) is 1. The van der Waals surface area contributed by atoms with Crippen LogP contribution in [-0.2, 0) is 0 Å². The molecule has 1 aliphatic rings. The van der Waals surface area contributed by atoms with Gasteiger partial charge in [0, 0.05) is 23.1 Å². The molecular formula is C18H14ClFNO3. The van der Waals surface area contributed by atoms with Crippen molar-refractivity contribution in [1.82, 2.24) is 5.32 Å². The predicted molar refractivity (Wildman–Crippen MR) is 87.9 cm³/mol. The van der Waals surface area contributed by atoms with E-state index in [0.717, 1.165) is 6.07 Å². The Bertz CT molecular complexity index is 822. The Labute approximate surface area is 143 Å². The van der Waals surface area contributed by atoms with Crippen molar-refractivity contribution in [2.75, 3.05) is 6.61 Å². The summed E-state index contributed by atoms with van der Waals surface area (Å²) in [6, 6.07) is 8.48. The lowest BCUT2D eigenvalue weighted by atomic mass is 9.97. The molecule has 1 amide bonds. The fraction of sp³-hybridized carbons (Fsp3) is 0.167. The molecule has 24 heavy (non-hydrogen) atoms. The summed E-state index contributed by atoms with van der Waals surface area (Å²) in [6.07, 6.45) is 1.79. The van der Waals surface area contributed by atoms with Gasteiger partial charge in [0.1, 0.15) is 11.6 Å². The standard InChI is InChI=1S/C18H14ClFNO3/c1-10(22)11-3-5-17-13(8-11)16(6-7-24-17)21-18(23)12-2-4-15(20)14(19)9-12/h2-6,8-9,16H,7H2,1H3,(H,21,23)/t16-/m0/s1. The molecule has 2 aromatic rings. The Morgan fingerprint density at radius 1 is 1.21 bits per heavy atom. The van der Waals surface area contributed by atoms with Crippen molar-refractivity contribution in [1.29, 1.82) is 0 Å². The molecule has 0 aliphatic carbocycles. The Kier molecular flexibility index (Phi) is 4.53. The molecule has 1 radical (unpaired) electrons. The number of amides is 1. The van der Waals surface area contributed by atoms with Crippen LogP contribution in [0.5, 0.6) is 5.75 Å². The highest BCUT2D eigenvalue weighted by Crippen LogP contribution is 2.32. The van der Waals surface area contributed by atoms with Gasteiger partial charge < -0.3 is 10.1 Å². The summed E-state index contributed by atoms with van der Waals surface area (Å²) in [7, 11) is 0. The molecule has 4 nitrogen and oxygen atoms in total. The van der Waals surface area contributed by atoms with E-state index in [-0.39, 0.29) is 22.3 Å². The van der Waals surface area contributed by atoms with E-state index in [1.807, 2.05) is 0 Å². The number of carbonyl (C=O) groups excluding carboxylic acids is 2. The van der Waals surface area contributed by atoms with Gasteiger partial charge in [-0.05, 0) is 43.3 Å². The maximum absolute atomic E-state index is 13.2. The molecule has 0 aromatic heterocycles. The molecule has 1 heterocycles. The van der Waals surface area contributed by atoms with Gasteiger partial charge in [-0.15, -0.1) is 0 Å². The molecule has 0 fully saturated rings. The monoisotopic (exact) mass is 346 g/mol. The quantitative estimate of drug-likeness (QED) is 0.861. The lowest BCUT2D eigenvalue weighted by molar-refractivity contribution is 0.0936. The van der Waals surface area contributed by atoms with E-state index in [2.05, 4.69) is 5.32 Å². The third kappa shape index (κ3) is 3.26. The van der Waals surface area contributed by atoms with Gasteiger partial charge in [-0.1, -0.05) is 11.6 Å². The van der Waals surface area contributed by atoms with Crippen molar-refractivity contribution in [3.05, 3.63) is 70.3 Å². The summed E-state index contributed by atoms with van der Waals surface area (Å²) < 4.78 is 18.7. The van der Waals surface area contributed by atoms with Crippen molar-refractivity contribution in [3.8, 4) is 5.75 Å². The van der Waals surface area contributed by atoms with Crippen LogP contribution in [-0.4, -0.2) is 18.3 Å². The average Bonchev–Trinajstić information content (AvgIpc) is 2.57. The van der Waals surface area contributed by atoms with E-state index < -0.39 is 11.9 Å². The third-order valence-corrected chi connectivity index (χ3v) is 4.08. The summed E-state index contributed by atoms with van der Waals surface area (Å²) in [5.41, 5.74) is 1.50. The Morgan fingerprint density at radius 3 is 2.67 bits per heavy atom. The van der Waals surface area contributed by atoms with E-state index in [4.69, 9.17) is 16.3 Å². The number of ether oxygens (including phenoxy) is 1. The first-order chi connectivity index (χ1) is 11.5. The zero-order chi connectivity index (χ0) is 17.3. The van der Waals surface area contributed by atoms with E-state index in [1.165, 1.54) is 19.1 Å². The van der Waals surface area contributed by atoms with Crippen molar-refractivity contribution >= 4 is 23.3 Å². The fourth-order valence-corrected chi connectivity index (χ4v) is 2.68. The fourth-order valence-electron chi connectivity index (χ4n) is 2.50. The van der Waals surface area contributed by atoms with E-state index in [0.29, 0.717) is 23.5 Å². The first-order valence-corrected chi connectivity index (χ1v) is 7.70. The summed E-state index contributed by atoms with van der Waals surface area (Å²) in [5.74, 6) is -0.426. The number of carbonyl (C=O) groups is 2. The minimum absolute atomic E-state index is 0.0706. The van der Waals surface area contributed by atoms with Crippen molar-refractivity contribution in [2.45, 2.75) is 13.0 Å². The van der Waals surface area contributed by atoms with Gasteiger partial charge in [-0.3, -0.25) is 9.59 Å². The van der Waals surface area contributed by atoms with E-state index in [9.17, 15) is 14.0 Å². The highest BCUT2D eigenvalue weighted by molar-refractivity contribution is 6.31. The molecule has 2 aromatic carbocycles. The second kappa shape index (κ2) is 6.61. The van der Waals surface area contributed by atoms with Crippen LogP contribution in [0.25, 0.3) is 0 Å². The van der Waals surface area contributed by atoms with Crippen LogP contribution >= 0.6 is 11.6 Å². The van der Waals surface area contributed by atoms with Crippen molar-refractivity contribution in [3.63, 3.8) is 0 Å². The topological polar surface area (TPSA) is 55.4 Å². The third-order valence-electron chi connectivity index (χ3n) is 3.79. The Morgan fingerprint density at radius 2 is 1.96 bits per heavy atom. The number of fused-ring (bicyclic) bond motifs is 1. The first kappa shape index (κ1) is 16.5. The van der Waals surface area contributed by atoms with Gasteiger partial charge in [0.2, 0.25) is 0 Å². The van der Waals surface area contributed by atoms with Crippen LogP contribution in [0.4, 0.5) is 4.39 Å². The van der Waals surface area contributed by atoms with Crippen LogP contribution in [0.15, 0.2) is 36.4 Å². The predicted octanol–water partition coefficient (Wildman–Crippen LogP) is 3.75. The maximum Gasteiger partial charge on any atom is 0.251 e. The molecule has 1 atom stereocenters. The number of Topliss-reactive ketones (excluding diaryl/α,β-unsaturated/α-hetero) is 1. The van der Waals surface area contributed by atoms with Gasteiger partial charge in [0.05, 0.1) is 17.7 Å². The second-order valence-corrected chi connectivity index (χ2v) is 5.84. The Balaban J connectivity index is 1.86. The van der Waals surface area contributed by atoms with Crippen LogP contribution < -0.4 is 10.1 Å². The van der Waals surface area contributed by atoms with Crippen LogP contribution in [0.3, 0.4) is 0 Å². The van der Waals surface area contributed by atoms with E-state index in [1.54, 1.807) is 24.6 Å². The van der Waals surface area contributed by atoms with Crippen LogP contribution in [0, 0.1) is 12.2 Å². The number of rotatable bonds is 3.